The number of urea groups is 1. The Hall–Kier alpha value is -3.80. The van der Waals surface area contributed by atoms with Crippen LogP contribution in [0.2, 0.25) is 0 Å². The third-order valence-electron chi connectivity index (χ3n) is 4.77. The van der Waals surface area contributed by atoms with E-state index in [4.69, 9.17) is 0 Å². The van der Waals surface area contributed by atoms with E-state index >= 15 is 0 Å². The lowest BCUT2D eigenvalue weighted by atomic mass is 10.00. The van der Waals surface area contributed by atoms with E-state index in [1.165, 1.54) is 0 Å². The lowest BCUT2D eigenvalue weighted by Crippen LogP contribution is -2.53. The number of carbonyl (C=O) groups is 3. The molecule has 6 nitrogen and oxygen atoms in total. The molecule has 1 saturated heterocycles. The van der Waals surface area contributed by atoms with Crippen molar-refractivity contribution < 1.29 is 14.4 Å². The van der Waals surface area contributed by atoms with Gasteiger partial charge in [0, 0.05) is 16.0 Å². The predicted molar refractivity (Wildman–Crippen MR) is 96.7 cm³/mol. The molecule has 1 fully saturated rings. The zero-order chi connectivity index (χ0) is 18.0. The molecule has 124 valence electrons. The monoisotopic (exact) mass is 342 g/mol. The van der Waals surface area contributed by atoms with Crippen LogP contribution < -0.4 is 21.3 Å². The number of hydrogen-bond acceptors (Lipinski definition) is 4. The molecular formula is C20H10N2O4. The molecule has 0 atom stereocenters. The molecule has 0 radical (unpaired) electrons. The summed E-state index contributed by atoms with van der Waals surface area (Å²) in [5.74, 6) is -1.73. The first-order valence-electron chi connectivity index (χ1n) is 7.97. The van der Waals surface area contributed by atoms with E-state index in [1.807, 2.05) is 47.0 Å². The normalized spacial score (nSPS) is 15.1. The van der Waals surface area contributed by atoms with E-state index in [1.54, 1.807) is 12.1 Å². The summed E-state index contributed by atoms with van der Waals surface area (Å²) in [6.07, 6.45) is 0. The Labute approximate surface area is 145 Å². The Kier molecular flexibility index (Phi) is 2.72. The number of amides is 4. The van der Waals surface area contributed by atoms with Crippen LogP contribution in [-0.2, 0) is 9.59 Å². The van der Waals surface area contributed by atoms with Crippen LogP contribution in [0.5, 0.6) is 0 Å². The molecule has 4 aromatic rings. The van der Waals surface area contributed by atoms with Crippen LogP contribution in [0.15, 0.2) is 53.3 Å². The fourth-order valence-corrected chi connectivity index (χ4v) is 3.75. The molecule has 2 N–H and O–H groups in total. The second-order valence-corrected chi connectivity index (χ2v) is 6.19. The molecule has 1 aliphatic heterocycles. The average molecular weight is 342 g/mol. The largest absolute Gasteiger partial charge is 0.328 e. The average Bonchev–Trinajstić information content (AvgIpc) is 2.89. The van der Waals surface area contributed by atoms with Gasteiger partial charge < -0.3 is 0 Å². The van der Waals surface area contributed by atoms with Gasteiger partial charge in [-0.2, -0.15) is 0 Å². The van der Waals surface area contributed by atoms with Crippen LogP contribution in [0, 0.1) is 0 Å². The van der Waals surface area contributed by atoms with Gasteiger partial charge in [0.2, 0.25) is 0 Å². The Morgan fingerprint density at radius 3 is 2.08 bits per heavy atom. The van der Waals surface area contributed by atoms with Gasteiger partial charge in [0.25, 0.3) is 11.8 Å². The number of rotatable bonds is 0. The molecule has 0 saturated carbocycles. The van der Waals surface area contributed by atoms with Gasteiger partial charge in [-0.3, -0.25) is 25.0 Å². The summed E-state index contributed by atoms with van der Waals surface area (Å²) in [5.41, 5.74) is -0.718. The zero-order valence-corrected chi connectivity index (χ0v) is 13.3. The number of nitrogens with one attached hydrogen (secondary N) is 2. The molecule has 4 amide bonds. The van der Waals surface area contributed by atoms with Crippen LogP contribution >= 0.6 is 0 Å². The molecule has 0 aromatic heterocycles. The van der Waals surface area contributed by atoms with E-state index < -0.39 is 17.8 Å². The summed E-state index contributed by atoms with van der Waals surface area (Å²) in [4.78, 5) is 49.2. The molecule has 26 heavy (non-hydrogen) atoms. The van der Waals surface area contributed by atoms with Crippen molar-refractivity contribution in [2.24, 2.45) is 0 Å². The van der Waals surface area contributed by atoms with Crippen molar-refractivity contribution in [1.82, 2.24) is 10.6 Å². The lowest BCUT2D eigenvalue weighted by Gasteiger charge is -2.13. The molecular weight excluding hydrogens is 332 g/mol. The van der Waals surface area contributed by atoms with Crippen molar-refractivity contribution in [3.63, 3.8) is 0 Å². The van der Waals surface area contributed by atoms with Gasteiger partial charge in [-0.05, 0) is 27.6 Å². The molecule has 0 unspecified atom stereocenters. The minimum atomic E-state index is -0.893. The first-order valence-corrected chi connectivity index (χ1v) is 7.97. The minimum absolute atomic E-state index is 0.0319. The highest BCUT2D eigenvalue weighted by Crippen LogP contribution is 2.30. The summed E-state index contributed by atoms with van der Waals surface area (Å²) >= 11 is 0. The van der Waals surface area contributed by atoms with Gasteiger partial charge >= 0.3 is 6.03 Å². The van der Waals surface area contributed by atoms with Crippen LogP contribution in [-0.4, -0.2) is 17.8 Å². The molecule has 0 aliphatic carbocycles. The highest BCUT2D eigenvalue weighted by atomic mass is 16.2. The summed E-state index contributed by atoms with van der Waals surface area (Å²) in [5, 5.41) is 8.35. The highest BCUT2D eigenvalue weighted by Gasteiger charge is 2.31. The van der Waals surface area contributed by atoms with Crippen LogP contribution in [0.1, 0.15) is 0 Å². The Bertz CT molecular complexity index is 1380. The third-order valence-corrected chi connectivity index (χ3v) is 4.77. The summed E-state index contributed by atoms with van der Waals surface area (Å²) in [6.45, 7) is 0. The van der Waals surface area contributed by atoms with E-state index in [9.17, 15) is 19.2 Å². The highest BCUT2D eigenvalue weighted by molar-refractivity contribution is 6.47. The number of fused-ring (bicyclic) bond motifs is 2. The molecule has 5 rings (SSSR count). The number of imide groups is 2. The van der Waals surface area contributed by atoms with E-state index in [0.717, 1.165) is 21.5 Å². The first kappa shape index (κ1) is 14.5. The number of carbonyl (C=O) groups excluding carboxylic acids is 3. The first-order chi connectivity index (χ1) is 12.6. The number of barbiturate groups is 1. The number of hydrogen-bond donors (Lipinski definition) is 2. The van der Waals surface area contributed by atoms with Gasteiger partial charge in [-0.1, -0.05) is 42.5 Å². The van der Waals surface area contributed by atoms with Crippen LogP contribution in [0.3, 0.4) is 0 Å². The van der Waals surface area contributed by atoms with E-state index in [0.29, 0.717) is 10.8 Å². The van der Waals surface area contributed by atoms with Crippen molar-refractivity contribution in [1.29, 1.82) is 0 Å². The van der Waals surface area contributed by atoms with Crippen LogP contribution in [0.25, 0.3) is 37.9 Å². The lowest BCUT2D eigenvalue weighted by molar-refractivity contribution is -0.121. The SMILES string of the molecule is O=C1NC(=O)C(=c2c(=O)c3c4ccccc4cc4cccc2c43)C(=O)N1. The van der Waals surface area contributed by atoms with Crippen molar-refractivity contribution >= 4 is 55.7 Å². The zero-order valence-electron chi connectivity index (χ0n) is 13.3. The third kappa shape index (κ3) is 1.75. The second kappa shape index (κ2) is 4.86. The van der Waals surface area contributed by atoms with Crippen molar-refractivity contribution in [3.05, 3.63) is 64.0 Å². The van der Waals surface area contributed by atoms with Crippen LogP contribution in [0.4, 0.5) is 4.79 Å². The topological polar surface area (TPSA) is 92.3 Å². The molecule has 4 aromatic carbocycles. The van der Waals surface area contributed by atoms with Crippen molar-refractivity contribution in [2.45, 2.75) is 0 Å². The quantitative estimate of drug-likeness (QED) is 0.469. The molecule has 0 bridgehead atoms. The minimum Gasteiger partial charge on any atom is -0.289 e. The maximum atomic E-state index is 13.3. The molecule has 0 spiro atoms. The molecule has 6 heteroatoms. The number of benzene rings is 3. The fourth-order valence-electron chi connectivity index (χ4n) is 3.75. The Morgan fingerprint density at radius 2 is 1.31 bits per heavy atom. The van der Waals surface area contributed by atoms with Gasteiger partial charge in [-0.15, -0.1) is 0 Å². The van der Waals surface area contributed by atoms with Crippen molar-refractivity contribution in [2.75, 3.05) is 0 Å². The van der Waals surface area contributed by atoms with E-state index in [-0.39, 0.29) is 16.2 Å². The summed E-state index contributed by atoms with van der Waals surface area (Å²) in [7, 11) is 0. The molecule has 1 aliphatic rings. The van der Waals surface area contributed by atoms with Gasteiger partial charge in [0.05, 0.1) is 0 Å². The smallest absolute Gasteiger partial charge is 0.289 e. The maximum absolute atomic E-state index is 13.3. The molecule has 1 heterocycles. The van der Waals surface area contributed by atoms with Gasteiger partial charge in [0.1, 0.15) is 5.57 Å². The van der Waals surface area contributed by atoms with Gasteiger partial charge in [-0.25, -0.2) is 4.79 Å². The van der Waals surface area contributed by atoms with E-state index in [2.05, 4.69) is 0 Å². The van der Waals surface area contributed by atoms with Crippen molar-refractivity contribution in [3.8, 4) is 0 Å². The van der Waals surface area contributed by atoms with Gasteiger partial charge in [0.15, 0.2) is 5.43 Å². The standard InChI is InChI=1S/C20H10N2O4/c23-17-14-11-6-2-1-4-9(11)8-10-5-3-7-12(13(10)14)15(17)16-18(24)21-20(26)22-19(16)25/h1-8H,(H2,21,22,24,25,26). The maximum Gasteiger partial charge on any atom is 0.328 e. The summed E-state index contributed by atoms with van der Waals surface area (Å²) in [6, 6.07) is 13.9. The Balaban J connectivity index is 2.10. The second-order valence-electron chi connectivity index (χ2n) is 6.19. The summed E-state index contributed by atoms with van der Waals surface area (Å²) < 4.78 is 0. The Morgan fingerprint density at radius 1 is 0.654 bits per heavy atom. The predicted octanol–water partition coefficient (Wildman–Crippen LogP) is 1.18. The fraction of sp³-hybridized carbons (Fsp3) is 0.